The van der Waals surface area contributed by atoms with Crippen molar-refractivity contribution in [3.8, 4) is 18.4 Å². The summed E-state index contributed by atoms with van der Waals surface area (Å²) in [6.07, 6.45) is 7.17. The molecule has 1 saturated heterocycles. The van der Waals surface area contributed by atoms with Gasteiger partial charge < -0.3 is 4.90 Å². The number of nitrogens with zero attached hydrogens (tertiary/aromatic N) is 3. The highest BCUT2D eigenvalue weighted by atomic mass is 15.3. The van der Waals surface area contributed by atoms with E-state index < -0.39 is 0 Å². The molecule has 0 radical (unpaired) electrons. The first kappa shape index (κ1) is 13.0. The van der Waals surface area contributed by atoms with Crippen molar-refractivity contribution in [3.05, 3.63) is 0 Å². The van der Waals surface area contributed by atoms with E-state index in [-0.39, 0.29) is 5.54 Å². The summed E-state index contributed by atoms with van der Waals surface area (Å²) in [5.74, 6) is 2.67. The lowest BCUT2D eigenvalue weighted by atomic mass is 10.0. The zero-order valence-electron chi connectivity index (χ0n) is 10.4. The van der Waals surface area contributed by atoms with Gasteiger partial charge in [0.1, 0.15) is 5.54 Å². The standard InChI is InChI=1S/C13H21N3/c1-4-5-6-7-15-8-10-16(11-9-15)13(2,3)12-14/h1H,5-11H2,2-3H3. The SMILES string of the molecule is C#CCCCN1CCN(C(C)(C)C#N)CC1. The van der Waals surface area contributed by atoms with Gasteiger partial charge in [-0.25, -0.2) is 0 Å². The zero-order chi connectivity index (χ0) is 12.0. The van der Waals surface area contributed by atoms with Crippen LogP contribution in [0, 0.1) is 23.7 Å². The molecule has 0 bridgehead atoms. The van der Waals surface area contributed by atoms with E-state index in [0.717, 1.165) is 45.6 Å². The van der Waals surface area contributed by atoms with E-state index in [2.05, 4.69) is 21.8 Å². The maximum absolute atomic E-state index is 9.06. The van der Waals surface area contributed by atoms with E-state index in [1.54, 1.807) is 0 Å². The van der Waals surface area contributed by atoms with E-state index in [1.165, 1.54) is 0 Å². The molecule has 0 aromatic rings. The van der Waals surface area contributed by atoms with Gasteiger partial charge in [0.25, 0.3) is 0 Å². The summed E-state index contributed by atoms with van der Waals surface area (Å²) in [5.41, 5.74) is -0.328. The Balaban J connectivity index is 2.30. The van der Waals surface area contributed by atoms with Gasteiger partial charge in [-0.15, -0.1) is 12.3 Å². The molecule has 1 aliphatic heterocycles. The van der Waals surface area contributed by atoms with Gasteiger partial charge in [0.15, 0.2) is 0 Å². The molecule has 1 fully saturated rings. The Hall–Kier alpha value is -1.03. The summed E-state index contributed by atoms with van der Waals surface area (Å²) < 4.78 is 0. The lowest BCUT2D eigenvalue weighted by Crippen LogP contribution is -2.54. The Morgan fingerprint density at radius 2 is 1.88 bits per heavy atom. The van der Waals surface area contributed by atoms with Crippen LogP contribution in [0.15, 0.2) is 0 Å². The molecule has 0 saturated carbocycles. The number of terminal acetylenes is 1. The molecule has 1 aliphatic rings. The van der Waals surface area contributed by atoms with Crippen LogP contribution in [-0.2, 0) is 0 Å². The first-order valence-corrected chi connectivity index (χ1v) is 5.92. The number of hydrogen-bond donors (Lipinski definition) is 0. The Morgan fingerprint density at radius 1 is 1.25 bits per heavy atom. The highest BCUT2D eigenvalue weighted by molar-refractivity contribution is 5.02. The third-order valence-corrected chi connectivity index (χ3v) is 3.23. The Morgan fingerprint density at radius 3 is 2.38 bits per heavy atom. The van der Waals surface area contributed by atoms with Crippen molar-refractivity contribution in [2.45, 2.75) is 32.2 Å². The van der Waals surface area contributed by atoms with Crippen molar-refractivity contribution in [2.75, 3.05) is 32.7 Å². The molecular weight excluding hydrogens is 198 g/mol. The predicted octanol–water partition coefficient (Wildman–Crippen LogP) is 1.32. The normalized spacial score (nSPS) is 19.0. The predicted molar refractivity (Wildman–Crippen MR) is 65.8 cm³/mol. The van der Waals surface area contributed by atoms with Gasteiger partial charge in [-0.05, 0) is 26.8 Å². The van der Waals surface area contributed by atoms with Crippen molar-refractivity contribution in [3.63, 3.8) is 0 Å². The van der Waals surface area contributed by atoms with Gasteiger partial charge >= 0.3 is 0 Å². The maximum atomic E-state index is 9.06. The van der Waals surface area contributed by atoms with Crippen molar-refractivity contribution in [1.82, 2.24) is 9.80 Å². The fourth-order valence-electron chi connectivity index (χ4n) is 2.01. The monoisotopic (exact) mass is 219 g/mol. The van der Waals surface area contributed by atoms with Crippen LogP contribution in [0.2, 0.25) is 0 Å². The van der Waals surface area contributed by atoms with Crippen LogP contribution in [0.1, 0.15) is 26.7 Å². The minimum atomic E-state index is -0.328. The fourth-order valence-corrected chi connectivity index (χ4v) is 2.01. The number of hydrogen-bond acceptors (Lipinski definition) is 3. The first-order chi connectivity index (χ1) is 7.60. The van der Waals surface area contributed by atoms with Crippen LogP contribution >= 0.6 is 0 Å². The van der Waals surface area contributed by atoms with Crippen LogP contribution in [0.25, 0.3) is 0 Å². The van der Waals surface area contributed by atoms with Gasteiger partial charge in [-0.2, -0.15) is 5.26 Å². The summed E-state index contributed by atoms with van der Waals surface area (Å²) >= 11 is 0. The van der Waals surface area contributed by atoms with Crippen molar-refractivity contribution in [2.24, 2.45) is 0 Å². The van der Waals surface area contributed by atoms with Crippen LogP contribution in [0.3, 0.4) is 0 Å². The average molecular weight is 219 g/mol. The second-order valence-corrected chi connectivity index (χ2v) is 4.81. The number of nitriles is 1. The highest BCUT2D eigenvalue weighted by Gasteiger charge is 2.29. The highest BCUT2D eigenvalue weighted by Crippen LogP contribution is 2.15. The molecule has 0 amide bonds. The van der Waals surface area contributed by atoms with Gasteiger partial charge in [0.2, 0.25) is 0 Å². The minimum Gasteiger partial charge on any atom is -0.301 e. The maximum Gasteiger partial charge on any atom is 0.103 e. The van der Waals surface area contributed by atoms with E-state index in [1.807, 2.05) is 13.8 Å². The smallest absolute Gasteiger partial charge is 0.103 e. The molecule has 0 spiro atoms. The van der Waals surface area contributed by atoms with Crippen molar-refractivity contribution < 1.29 is 0 Å². The lowest BCUT2D eigenvalue weighted by molar-refractivity contribution is 0.0798. The summed E-state index contributed by atoms with van der Waals surface area (Å²) in [5, 5.41) is 9.06. The molecule has 0 unspecified atom stereocenters. The third kappa shape index (κ3) is 3.52. The molecule has 16 heavy (non-hydrogen) atoms. The van der Waals surface area contributed by atoms with Gasteiger partial charge in [0.05, 0.1) is 6.07 Å². The van der Waals surface area contributed by atoms with Crippen molar-refractivity contribution >= 4 is 0 Å². The molecule has 0 aromatic carbocycles. The molecular formula is C13H21N3. The van der Waals surface area contributed by atoms with Crippen LogP contribution in [0.5, 0.6) is 0 Å². The van der Waals surface area contributed by atoms with Crippen LogP contribution in [0.4, 0.5) is 0 Å². The first-order valence-electron chi connectivity index (χ1n) is 5.92. The fraction of sp³-hybridized carbons (Fsp3) is 0.769. The molecule has 88 valence electrons. The number of unbranched alkanes of at least 4 members (excludes halogenated alkanes) is 1. The molecule has 3 nitrogen and oxygen atoms in total. The van der Waals surface area contributed by atoms with Crippen molar-refractivity contribution in [1.29, 1.82) is 5.26 Å². The molecule has 3 heteroatoms. The summed E-state index contributed by atoms with van der Waals surface area (Å²) in [4.78, 5) is 4.69. The molecule has 1 heterocycles. The van der Waals surface area contributed by atoms with Gasteiger partial charge in [0, 0.05) is 32.6 Å². The Kier molecular flexibility index (Phi) is 4.80. The number of rotatable bonds is 4. The summed E-state index contributed by atoms with van der Waals surface area (Å²) in [7, 11) is 0. The lowest BCUT2D eigenvalue weighted by Gasteiger charge is -2.40. The molecule has 0 aliphatic carbocycles. The minimum absolute atomic E-state index is 0.328. The molecule has 0 N–H and O–H groups in total. The van der Waals surface area contributed by atoms with E-state index >= 15 is 0 Å². The Labute approximate surface area is 99.0 Å². The van der Waals surface area contributed by atoms with E-state index in [0.29, 0.717) is 0 Å². The summed E-state index contributed by atoms with van der Waals surface area (Å²) in [6, 6.07) is 2.36. The quantitative estimate of drug-likeness (QED) is 0.528. The van der Waals surface area contributed by atoms with E-state index in [4.69, 9.17) is 11.7 Å². The summed E-state index contributed by atoms with van der Waals surface area (Å²) in [6.45, 7) is 9.13. The van der Waals surface area contributed by atoms with Gasteiger partial charge in [-0.1, -0.05) is 0 Å². The largest absolute Gasteiger partial charge is 0.301 e. The topological polar surface area (TPSA) is 30.3 Å². The molecule has 1 rings (SSSR count). The van der Waals surface area contributed by atoms with Gasteiger partial charge in [-0.3, -0.25) is 4.90 Å². The average Bonchev–Trinajstić information content (AvgIpc) is 2.30. The number of piperazine rings is 1. The molecule has 0 atom stereocenters. The zero-order valence-corrected chi connectivity index (χ0v) is 10.4. The van der Waals surface area contributed by atoms with Crippen LogP contribution < -0.4 is 0 Å². The third-order valence-electron chi connectivity index (χ3n) is 3.23. The van der Waals surface area contributed by atoms with E-state index in [9.17, 15) is 0 Å². The second kappa shape index (κ2) is 5.89. The second-order valence-electron chi connectivity index (χ2n) is 4.81. The molecule has 0 aromatic heterocycles. The Bertz CT molecular complexity index is 287. The van der Waals surface area contributed by atoms with Crippen LogP contribution in [-0.4, -0.2) is 48.1 Å².